The molecule has 0 radical (unpaired) electrons. The number of aryl methyl sites for hydroxylation is 1. The van der Waals surface area contributed by atoms with E-state index < -0.39 is 26.7 Å². The lowest BCUT2D eigenvalue weighted by molar-refractivity contribution is 0.00554. The molecule has 0 aromatic carbocycles. The molecule has 36 heavy (non-hydrogen) atoms. The van der Waals surface area contributed by atoms with Gasteiger partial charge >= 0.3 is 5.97 Å². The molecule has 9 nitrogen and oxygen atoms in total. The van der Waals surface area contributed by atoms with Crippen LogP contribution in [0.1, 0.15) is 88.3 Å². The average Bonchev–Trinajstić information content (AvgIpc) is 3.58. The first kappa shape index (κ1) is 28.8. The third-order valence-electron chi connectivity index (χ3n) is 6.37. The summed E-state index contributed by atoms with van der Waals surface area (Å²) in [5, 5.41) is 14.3. The molecule has 1 aliphatic rings. The van der Waals surface area contributed by atoms with Crippen molar-refractivity contribution in [2.45, 2.75) is 89.0 Å². The molecule has 202 valence electrons. The van der Waals surface area contributed by atoms with Crippen LogP contribution in [-0.2, 0) is 21.0 Å². The van der Waals surface area contributed by atoms with Gasteiger partial charge in [-0.05, 0) is 36.7 Å². The largest absolute Gasteiger partial charge is 0.622 e. The molecule has 2 atom stereocenters. The van der Waals surface area contributed by atoms with E-state index in [1.807, 2.05) is 18.7 Å². The molecular formula is C25H39N3O6S2. The molecular weight excluding hydrogens is 502 g/mol. The number of furan rings is 1. The first-order valence-corrected chi connectivity index (χ1v) is 15.5. The Balaban J connectivity index is 1.80. The quantitative estimate of drug-likeness (QED) is 0.126. The smallest absolute Gasteiger partial charge is 0.345 e. The molecule has 0 saturated carbocycles. The molecule has 1 aliphatic heterocycles. The number of ether oxygens (including phenoxy) is 1. The summed E-state index contributed by atoms with van der Waals surface area (Å²) in [7, 11) is -3.51. The van der Waals surface area contributed by atoms with Gasteiger partial charge in [0.1, 0.15) is 22.9 Å². The molecule has 0 amide bonds. The van der Waals surface area contributed by atoms with E-state index in [-0.39, 0.29) is 33.9 Å². The number of hydrogen-bond acceptors (Lipinski definition) is 9. The van der Waals surface area contributed by atoms with Crippen molar-refractivity contribution in [1.82, 2.24) is 14.5 Å². The first-order valence-electron chi connectivity index (χ1n) is 13.0. The maximum Gasteiger partial charge on any atom is 0.345 e. The lowest BCUT2D eigenvalue weighted by Gasteiger charge is -2.38. The summed E-state index contributed by atoms with van der Waals surface area (Å²) in [6.07, 6.45) is 9.71. The Morgan fingerprint density at radius 1 is 1.19 bits per heavy atom. The highest BCUT2D eigenvalue weighted by Crippen LogP contribution is 2.37. The monoisotopic (exact) mass is 541 g/mol. The van der Waals surface area contributed by atoms with Crippen LogP contribution in [0.15, 0.2) is 27.2 Å². The molecule has 11 heteroatoms. The molecule has 2 aromatic rings. The normalized spacial score (nSPS) is 20.7. The van der Waals surface area contributed by atoms with Gasteiger partial charge in [-0.2, -0.15) is 4.98 Å². The van der Waals surface area contributed by atoms with Gasteiger partial charge in [0.15, 0.2) is 9.84 Å². The fraction of sp³-hybridized carbons (Fsp3) is 0.680. The van der Waals surface area contributed by atoms with Crippen molar-refractivity contribution in [1.29, 1.82) is 0 Å². The van der Waals surface area contributed by atoms with Gasteiger partial charge in [-0.15, -0.1) is 0 Å². The Labute approximate surface area is 218 Å². The summed E-state index contributed by atoms with van der Waals surface area (Å²) in [5.74, 6) is 0.0968. The predicted octanol–water partition coefficient (Wildman–Crippen LogP) is 5.49. The van der Waals surface area contributed by atoms with Crippen LogP contribution < -0.4 is 4.65 Å². The summed E-state index contributed by atoms with van der Waals surface area (Å²) in [6.45, 7) is 7.20. The number of hydrogen-bond donors (Lipinski definition) is 0. The maximum atomic E-state index is 14.2. The summed E-state index contributed by atoms with van der Waals surface area (Å²) in [4.78, 5) is 19.1. The summed E-state index contributed by atoms with van der Waals surface area (Å²) in [6, 6.07) is 1.65. The van der Waals surface area contributed by atoms with Crippen molar-refractivity contribution < 1.29 is 22.4 Å². The van der Waals surface area contributed by atoms with Gasteiger partial charge in [0.25, 0.3) is 11.4 Å². The molecule has 1 fully saturated rings. The van der Waals surface area contributed by atoms with Crippen LogP contribution in [0.5, 0.6) is 0 Å². The van der Waals surface area contributed by atoms with E-state index in [1.54, 1.807) is 6.07 Å². The molecule has 3 rings (SSSR count). The topological polar surface area (TPSA) is 113 Å². The van der Waals surface area contributed by atoms with Crippen LogP contribution in [-0.4, -0.2) is 56.0 Å². The summed E-state index contributed by atoms with van der Waals surface area (Å²) in [5.41, 5.74) is 0.268. The number of unbranched alkanes of at least 4 members (excludes halogenated alkanes) is 5. The molecule has 0 aliphatic carbocycles. The van der Waals surface area contributed by atoms with Crippen molar-refractivity contribution in [2.24, 2.45) is 0 Å². The Bertz CT molecular complexity index is 1080. The van der Waals surface area contributed by atoms with Crippen LogP contribution in [0.25, 0.3) is 0 Å². The SMILES string of the molecule is CCCCCCN1CC(OC(=O)c2coc(CCC)c2)[N+]([O-])(c2ncc(S(=O)(=O)CCCCC)s2)C1. The fourth-order valence-electron chi connectivity index (χ4n) is 4.30. The van der Waals surface area contributed by atoms with E-state index >= 15 is 0 Å². The van der Waals surface area contributed by atoms with Crippen molar-refractivity contribution in [2.75, 3.05) is 25.5 Å². The zero-order valence-corrected chi connectivity index (χ0v) is 23.2. The third kappa shape index (κ3) is 7.16. The zero-order valence-electron chi connectivity index (χ0n) is 21.6. The standard InChI is InChI=1S/C25H39N3O6S2/c1-4-7-9-10-13-27-17-22(34-24(29)20-15-21(12-6-3)33-18-20)28(30,19-27)25-26-16-23(35-25)36(31,32)14-11-8-5-2/h15-16,18,22H,4-14,17,19H2,1-3H3. The highest BCUT2D eigenvalue weighted by Gasteiger charge is 2.46. The number of rotatable bonds is 15. The number of quaternary nitrogens is 1. The minimum Gasteiger partial charge on any atom is -0.622 e. The second-order valence-electron chi connectivity index (χ2n) is 9.47. The number of esters is 1. The maximum absolute atomic E-state index is 14.2. The van der Waals surface area contributed by atoms with Crippen LogP contribution in [0, 0.1) is 5.21 Å². The van der Waals surface area contributed by atoms with Gasteiger partial charge in [0.2, 0.25) is 0 Å². The van der Waals surface area contributed by atoms with E-state index in [0.29, 0.717) is 25.1 Å². The number of aromatic nitrogens is 1. The van der Waals surface area contributed by atoms with Gasteiger partial charge in [-0.1, -0.05) is 52.9 Å². The number of hydroxylamine groups is 2. The molecule has 1 saturated heterocycles. The molecule has 0 N–H and O–H groups in total. The lowest BCUT2D eigenvalue weighted by Crippen LogP contribution is -2.50. The van der Waals surface area contributed by atoms with Gasteiger partial charge in [0.05, 0.1) is 24.1 Å². The average molecular weight is 542 g/mol. The van der Waals surface area contributed by atoms with Crippen LogP contribution >= 0.6 is 11.3 Å². The van der Waals surface area contributed by atoms with Crippen molar-refractivity contribution >= 4 is 32.3 Å². The summed E-state index contributed by atoms with van der Waals surface area (Å²) >= 11 is 0.889. The molecule has 2 aromatic heterocycles. The van der Waals surface area contributed by atoms with Crippen molar-refractivity contribution in [3.63, 3.8) is 0 Å². The highest BCUT2D eigenvalue weighted by atomic mass is 32.2. The number of carbonyl (C=O) groups is 1. The summed E-state index contributed by atoms with van der Waals surface area (Å²) < 4.78 is 35.8. The number of nitrogens with zero attached hydrogens (tertiary/aromatic N) is 3. The number of carbonyl (C=O) groups excluding carboxylic acids is 1. The second kappa shape index (κ2) is 13.1. The van der Waals surface area contributed by atoms with Gasteiger partial charge in [-0.25, -0.2) is 18.1 Å². The Morgan fingerprint density at radius 2 is 1.94 bits per heavy atom. The molecule has 3 heterocycles. The fourth-order valence-corrected chi connectivity index (χ4v) is 7.00. The van der Waals surface area contributed by atoms with Crippen molar-refractivity contribution in [3.05, 3.63) is 35.1 Å². The van der Waals surface area contributed by atoms with Gasteiger partial charge in [0, 0.05) is 13.0 Å². The highest BCUT2D eigenvalue weighted by molar-refractivity contribution is 7.93. The second-order valence-corrected chi connectivity index (χ2v) is 12.8. The Morgan fingerprint density at radius 3 is 2.67 bits per heavy atom. The lowest BCUT2D eigenvalue weighted by atomic mass is 10.2. The predicted molar refractivity (Wildman–Crippen MR) is 141 cm³/mol. The van der Waals surface area contributed by atoms with Crippen molar-refractivity contribution in [3.8, 4) is 0 Å². The van der Waals surface area contributed by atoms with Gasteiger partial charge in [-0.3, -0.25) is 4.65 Å². The third-order valence-corrected chi connectivity index (χ3v) is 9.83. The first-order chi connectivity index (χ1) is 17.2. The number of thiazole rings is 1. The van der Waals surface area contributed by atoms with E-state index in [0.717, 1.165) is 56.3 Å². The van der Waals surface area contributed by atoms with Crippen LogP contribution in [0.3, 0.4) is 0 Å². The Kier molecular flexibility index (Phi) is 10.5. The van der Waals surface area contributed by atoms with E-state index in [4.69, 9.17) is 9.15 Å². The molecule has 2 unspecified atom stereocenters. The molecule has 0 bridgehead atoms. The zero-order chi connectivity index (χ0) is 26.2. The van der Waals surface area contributed by atoms with Crippen LogP contribution in [0.2, 0.25) is 0 Å². The van der Waals surface area contributed by atoms with E-state index in [1.165, 1.54) is 12.5 Å². The number of sulfone groups is 1. The minimum absolute atomic E-state index is 0.0316. The minimum atomic E-state index is -3.51. The van der Waals surface area contributed by atoms with Crippen LogP contribution in [0.4, 0.5) is 5.13 Å². The van der Waals surface area contributed by atoms with Gasteiger partial charge < -0.3 is 14.4 Å². The van der Waals surface area contributed by atoms with E-state index in [9.17, 15) is 18.4 Å². The van der Waals surface area contributed by atoms with E-state index in [2.05, 4.69) is 11.9 Å². The molecule has 0 spiro atoms. The Hall–Kier alpha value is -1.79.